The van der Waals surface area contributed by atoms with Crippen molar-refractivity contribution in [1.82, 2.24) is 9.88 Å². The Balaban J connectivity index is 1.54. The molecule has 26 heavy (non-hydrogen) atoms. The first kappa shape index (κ1) is 17.6. The Labute approximate surface area is 156 Å². The Kier molecular flexibility index (Phi) is 4.57. The molecule has 0 unspecified atom stereocenters. The molecule has 2 atom stereocenters. The van der Waals surface area contributed by atoms with Crippen molar-refractivity contribution in [3.63, 3.8) is 0 Å². The number of aromatic nitrogens is 1. The number of fused-ring (bicyclic) bond motifs is 1. The van der Waals surface area contributed by atoms with Crippen molar-refractivity contribution < 1.29 is 14.3 Å². The predicted octanol–water partition coefficient (Wildman–Crippen LogP) is 4.02. The number of carbonyl (C=O) groups excluding carboxylic acids is 1. The molecule has 4 nitrogen and oxygen atoms in total. The first-order valence-corrected chi connectivity index (χ1v) is 10.0. The van der Waals surface area contributed by atoms with Gasteiger partial charge in [-0.15, -0.1) is 11.3 Å². The molecule has 1 aliphatic carbocycles. The highest BCUT2D eigenvalue weighted by atomic mass is 32.1. The second kappa shape index (κ2) is 6.74. The normalized spacial score (nSPS) is 25.8. The molecule has 2 fully saturated rings. The van der Waals surface area contributed by atoms with Crippen LogP contribution in [0.5, 0.6) is 0 Å². The molecule has 6 heteroatoms. The van der Waals surface area contributed by atoms with Crippen molar-refractivity contribution in [2.75, 3.05) is 13.1 Å². The van der Waals surface area contributed by atoms with Gasteiger partial charge < -0.3 is 10.0 Å². The molecule has 2 heterocycles. The van der Waals surface area contributed by atoms with Gasteiger partial charge in [-0.2, -0.15) is 0 Å². The summed E-state index contributed by atoms with van der Waals surface area (Å²) in [6, 6.07) is 6.18. The summed E-state index contributed by atoms with van der Waals surface area (Å²) in [4.78, 5) is 20.1. The van der Waals surface area contributed by atoms with Crippen molar-refractivity contribution in [2.45, 2.75) is 44.6 Å². The minimum Gasteiger partial charge on any atom is -0.389 e. The summed E-state index contributed by atoms with van der Waals surface area (Å²) in [5, 5.41) is 11.5. The number of amides is 1. The molecule has 1 N–H and O–H groups in total. The standard InChI is InChI=1S/C20H23FN2O2S/c1-13-17(26-18(22-13)14-5-7-16(21)8-6-14)19(24)23-11-10-20(25)9-3-2-4-15(20)12-23/h5-8,15,25H,2-4,9-12H2,1H3/t15-,20-/m0/s1. The van der Waals surface area contributed by atoms with Gasteiger partial charge in [0.1, 0.15) is 15.7 Å². The number of likely N-dealkylation sites (tertiary alicyclic amines) is 1. The molecule has 0 bridgehead atoms. The van der Waals surface area contributed by atoms with Crippen LogP contribution in [0.25, 0.3) is 10.6 Å². The van der Waals surface area contributed by atoms with Crippen LogP contribution in [0.2, 0.25) is 0 Å². The van der Waals surface area contributed by atoms with E-state index in [2.05, 4.69) is 4.98 Å². The van der Waals surface area contributed by atoms with Crippen LogP contribution in [-0.4, -0.2) is 39.6 Å². The lowest BCUT2D eigenvalue weighted by Crippen LogP contribution is -2.54. The molecule has 1 amide bonds. The van der Waals surface area contributed by atoms with Crippen molar-refractivity contribution in [3.8, 4) is 10.6 Å². The lowest BCUT2D eigenvalue weighted by molar-refractivity contribution is -0.0885. The van der Waals surface area contributed by atoms with E-state index >= 15 is 0 Å². The number of rotatable bonds is 2. The number of aryl methyl sites for hydroxylation is 1. The van der Waals surface area contributed by atoms with E-state index in [1.807, 2.05) is 11.8 Å². The quantitative estimate of drug-likeness (QED) is 0.864. The number of benzene rings is 1. The van der Waals surface area contributed by atoms with Crippen LogP contribution < -0.4 is 0 Å². The van der Waals surface area contributed by atoms with E-state index in [0.29, 0.717) is 30.1 Å². The summed E-state index contributed by atoms with van der Waals surface area (Å²) in [6.07, 6.45) is 4.71. The van der Waals surface area contributed by atoms with Gasteiger partial charge in [0.15, 0.2) is 0 Å². The number of halogens is 1. The average Bonchev–Trinajstić information content (AvgIpc) is 3.02. The Morgan fingerprint density at radius 3 is 2.85 bits per heavy atom. The lowest BCUT2D eigenvalue weighted by atomic mass is 9.71. The Bertz CT molecular complexity index is 820. The zero-order valence-electron chi connectivity index (χ0n) is 14.9. The minimum atomic E-state index is -0.586. The maximum Gasteiger partial charge on any atom is 0.265 e. The van der Waals surface area contributed by atoms with Crippen LogP contribution in [0.15, 0.2) is 24.3 Å². The van der Waals surface area contributed by atoms with Crippen molar-refractivity contribution in [3.05, 3.63) is 40.7 Å². The summed E-state index contributed by atoms with van der Waals surface area (Å²) < 4.78 is 13.1. The van der Waals surface area contributed by atoms with E-state index in [0.717, 1.165) is 36.3 Å². The zero-order valence-corrected chi connectivity index (χ0v) is 15.7. The molecule has 1 saturated heterocycles. The molecule has 1 saturated carbocycles. The third-order valence-electron chi connectivity index (χ3n) is 5.80. The fourth-order valence-electron chi connectivity index (χ4n) is 4.21. The second-order valence-corrected chi connectivity index (χ2v) is 8.49. The average molecular weight is 374 g/mol. The van der Waals surface area contributed by atoms with Crippen LogP contribution in [-0.2, 0) is 0 Å². The maximum absolute atomic E-state index is 13.1. The van der Waals surface area contributed by atoms with Crippen LogP contribution >= 0.6 is 11.3 Å². The monoisotopic (exact) mass is 374 g/mol. The topological polar surface area (TPSA) is 53.4 Å². The number of piperidine rings is 1. The first-order valence-electron chi connectivity index (χ1n) is 9.21. The Hall–Kier alpha value is -1.79. The highest BCUT2D eigenvalue weighted by Gasteiger charge is 2.44. The number of aliphatic hydroxyl groups is 1. The number of carbonyl (C=O) groups is 1. The highest BCUT2D eigenvalue weighted by molar-refractivity contribution is 7.17. The molecule has 4 rings (SSSR count). The van der Waals surface area contributed by atoms with Gasteiger partial charge in [0, 0.05) is 24.6 Å². The molecule has 2 aliphatic rings. The summed E-state index contributed by atoms with van der Waals surface area (Å²) >= 11 is 1.36. The van der Waals surface area contributed by atoms with E-state index in [4.69, 9.17) is 0 Å². The number of hydrogen-bond acceptors (Lipinski definition) is 4. The molecular formula is C20H23FN2O2S. The molecule has 138 valence electrons. The van der Waals surface area contributed by atoms with Gasteiger partial charge >= 0.3 is 0 Å². The fourth-order valence-corrected chi connectivity index (χ4v) is 5.25. The second-order valence-electron chi connectivity index (χ2n) is 7.49. The number of nitrogens with zero attached hydrogens (tertiary/aromatic N) is 2. The third kappa shape index (κ3) is 3.16. The minimum absolute atomic E-state index is 0.000912. The van der Waals surface area contributed by atoms with Gasteiger partial charge in [0.05, 0.1) is 11.3 Å². The van der Waals surface area contributed by atoms with Gasteiger partial charge in [-0.1, -0.05) is 12.8 Å². The van der Waals surface area contributed by atoms with E-state index in [1.54, 1.807) is 12.1 Å². The first-order chi connectivity index (χ1) is 12.5. The highest BCUT2D eigenvalue weighted by Crippen LogP contribution is 2.40. The van der Waals surface area contributed by atoms with Crippen LogP contribution in [0, 0.1) is 18.7 Å². The number of thiazole rings is 1. The smallest absolute Gasteiger partial charge is 0.265 e. The summed E-state index contributed by atoms with van der Waals surface area (Å²) in [7, 11) is 0. The van der Waals surface area contributed by atoms with E-state index in [-0.39, 0.29) is 17.6 Å². The van der Waals surface area contributed by atoms with Crippen LogP contribution in [0.4, 0.5) is 4.39 Å². The van der Waals surface area contributed by atoms with E-state index < -0.39 is 5.60 Å². The van der Waals surface area contributed by atoms with E-state index in [1.165, 1.54) is 23.5 Å². The van der Waals surface area contributed by atoms with Crippen LogP contribution in [0.1, 0.15) is 47.5 Å². The van der Waals surface area contributed by atoms with Crippen molar-refractivity contribution in [2.24, 2.45) is 5.92 Å². The summed E-state index contributed by atoms with van der Waals surface area (Å²) in [6.45, 7) is 3.06. The zero-order chi connectivity index (χ0) is 18.3. The number of hydrogen-bond donors (Lipinski definition) is 1. The van der Waals surface area contributed by atoms with E-state index in [9.17, 15) is 14.3 Å². The Morgan fingerprint density at radius 1 is 1.31 bits per heavy atom. The fraction of sp³-hybridized carbons (Fsp3) is 0.500. The maximum atomic E-state index is 13.1. The SMILES string of the molecule is Cc1nc(-c2ccc(F)cc2)sc1C(=O)N1CC[C@@]2(O)CCCC[C@H]2C1. The molecule has 1 aromatic carbocycles. The molecule has 2 aromatic rings. The van der Waals surface area contributed by atoms with Crippen molar-refractivity contribution >= 4 is 17.2 Å². The van der Waals surface area contributed by atoms with Crippen LogP contribution in [0.3, 0.4) is 0 Å². The van der Waals surface area contributed by atoms with Gasteiger partial charge in [0.25, 0.3) is 5.91 Å². The van der Waals surface area contributed by atoms with Gasteiger partial charge in [-0.05, 0) is 50.5 Å². The van der Waals surface area contributed by atoms with Gasteiger partial charge in [0.2, 0.25) is 0 Å². The third-order valence-corrected chi connectivity index (χ3v) is 6.99. The summed E-state index contributed by atoms with van der Waals surface area (Å²) in [5.74, 6) is -0.105. The van der Waals surface area contributed by atoms with Gasteiger partial charge in [-0.25, -0.2) is 9.37 Å². The Morgan fingerprint density at radius 2 is 2.08 bits per heavy atom. The molecule has 0 radical (unpaired) electrons. The van der Waals surface area contributed by atoms with Crippen molar-refractivity contribution in [1.29, 1.82) is 0 Å². The predicted molar refractivity (Wildman–Crippen MR) is 99.7 cm³/mol. The molecule has 0 spiro atoms. The summed E-state index contributed by atoms with van der Waals surface area (Å²) in [5.41, 5.74) is 0.944. The van der Waals surface area contributed by atoms with Gasteiger partial charge in [-0.3, -0.25) is 4.79 Å². The lowest BCUT2D eigenvalue weighted by Gasteiger charge is -2.47. The largest absolute Gasteiger partial charge is 0.389 e. The molecular weight excluding hydrogens is 351 g/mol. The molecule has 1 aromatic heterocycles. The molecule has 1 aliphatic heterocycles.